The van der Waals surface area contributed by atoms with E-state index in [4.69, 9.17) is 4.55 Å². The van der Waals surface area contributed by atoms with Crippen molar-refractivity contribution in [3.05, 3.63) is 6.26 Å². The normalized spacial score (nSPS) is 13.0. The number of aromatic nitrogens is 2. The molecule has 0 radical (unpaired) electrons. The smallest absolute Gasteiger partial charge is 0.260 e. The highest BCUT2D eigenvalue weighted by Crippen LogP contribution is 1.97. The van der Waals surface area contributed by atoms with Crippen LogP contribution in [0.25, 0.3) is 0 Å². The molecule has 50 valence electrons. The summed E-state index contributed by atoms with van der Waals surface area (Å²) in [6.45, 7) is 0. The second-order valence-electron chi connectivity index (χ2n) is 1.14. The molecule has 1 rings (SSSR count). The SMILES string of the molecule is O=S(O)Nc1conn1. The molecule has 9 heavy (non-hydrogen) atoms. The fraction of sp³-hybridized carbons (Fsp3) is 0. The van der Waals surface area contributed by atoms with Crippen molar-refractivity contribution in [2.75, 3.05) is 4.72 Å². The highest BCUT2D eigenvalue weighted by Gasteiger charge is 1.96. The molecule has 0 aliphatic rings. The number of hydrogen-bond donors (Lipinski definition) is 2. The van der Waals surface area contributed by atoms with Gasteiger partial charge in [0.15, 0.2) is 6.26 Å². The summed E-state index contributed by atoms with van der Waals surface area (Å²) in [6, 6.07) is 0. The number of nitrogens with one attached hydrogen (secondary N) is 1. The Hall–Kier alpha value is -0.950. The largest absolute Gasteiger partial charge is 0.343 e. The molecule has 0 fully saturated rings. The van der Waals surface area contributed by atoms with E-state index in [2.05, 4.69) is 14.9 Å². The van der Waals surface area contributed by atoms with Gasteiger partial charge in [0.25, 0.3) is 11.3 Å². The van der Waals surface area contributed by atoms with Crippen LogP contribution in [0.15, 0.2) is 10.8 Å². The van der Waals surface area contributed by atoms with Crippen LogP contribution in [-0.4, -0.2) is 19.1 Å². The zero-order chi connectivity index (χ0) is 6.69. The second-order valence-corrected chi connectivity index (χ2v) is 1.84. The third-order valence-corrected chi connectivity index (χ3v) is 0.936. The van der Waals surface area contributed by atoms with E-state index in [1.54, 1.807) is 0 Å². The average molecular weight is 149 g/mol. The van der Waals surface area contributed by atoms with Gasteiger partial charge in [0.05, 0.1) is 0 Å². The minimum atomic E-state index is -2.11. The van der Waals surface area contributed by atoms with Crippen molar-refractivity contribution >= 4 is 17.1 Å². The lowest BCUT2D eigenvalue weighted by atomic mass is 10.8. The van der Waals surface area contributed by atoms with E-state index >= 15 is 0 Å². The summed E-state index contributed by atoms with van der Waals surface area (Å²) in [7, 11) is 0. The third kappa shape index (κ3) is 1.78. The summed E-state index contributed by atoms with van der Waals surface area (Å²) in [5.41, 5.74) is 0. The molecule has 0 saturated heterocycles. The van der Waals surface area contributed by atoms with Crippen molar-refractivity contribution in [3.8, 4) is 0 Å². The first-order valence-electron chi connectivity index (χ1n) is 1.93. The van der Waals surface area contributed by atoms with Crippen LogP contribution in [0.4, 0.5) is 5.82 Å². The standard InChI is InChI=1S/C2H3N3O3S/c6-9(7)4-2-1-8-5-3-2/h1,4H,(H,6,7). The predicted octanol–water partition coefficient (Wildman–Crippen LogP) is -0.382. The molecule has 0 bridgehead atoms. The summed E-state index contributed by atoms with van der Waals surface area (Å²) in [4.78, 5) is 0. The zero-order valence-electron chi connectivity index (χ0n) is 4.14. The van der Waals surface area contributed by atoms with Crippen molar-refractivity contribution in [2.24, 2.45) is 0 Å². The molecule has 1 heterocycles. The van der Waals surface area contributed by atoms with Gasteiger partial charge >= 0.3 is 0 Å². The van der Waals surface area contributed by atoms with Crippen molar-refractivity contribution in [1.29, 1.82) is 0 Å². The van der Waals surface area contributed by atoms with Crippen molar-refractivity contribution in [2.45, 2.75) is 0 Å². The molecule has 2 N–H and O–H groups in total. The van der Waals surface area contributed by atoms with Gasteiger partial charge in [0.2, 0.25) is 5.82 Å². The molecule has 0 spiro atoms. The maximum absolute atomic E-state index is 9.96. The van der Waals surface area contributed by atoms with E-state index in [1.165, 1.54) is 0 Å². The van der Waals surface area contributed by atoms with Gasteiger partial charge in [0, 0.05) is 5.27 Å². The van der Waals surface area contributed by atoms with Crippen molar-refractivity contribution in [1.82, 2.24) is 10.4 Å². The quantitative estimate of drug-likeness (QED) is 0.559. The highest BCUT2D eigenvalue weighted by atomic mass is 32.2. The van der Waals surface area contributed by atoms with E-state index in [0.29, 0.717) is 0 Å². The first-order chi connectivity index (χ1) is 4.29. The fourth-order valence-corrected chi connectivity index (χ4v) is 0.566. The number of nitrogens with zero attached hydrogens (tertiary/aromatic N) is 2. The monoisotopic (exact) mass is 149 g/mol. The Kier molecular flexibility index (Phi) is 1.75. The summed E-state index contributed by atoms with van der Waals surface area (Å²) in [5, 5.41) is 6.32. The van der Waals surface area contributed by atoms with Crippen molar-refractivity contribution in [3.63, 3.8) is 0 Å². The van der Waals surface area contributed by atoms with E-state index in [1.807, 2.05) is 4.72 Å². The molecule has 1 aromatic rings. The van der Waals surface area contributed by atoms with Gasteiger partial charge in [-0.2, -0.15) is 0 Å². The molecular weight excluding hydrogens is 146 g/mol. The van der Waals surface area contributed by atoms with Crippen LogP contribution in [0.5, 0.6) is 0 Å². The molecule has 1 aromatic heterocycles. The molecular formula is C2H3N3O3S. The topological polar surface area (TPSA) is 88.2 Å². The van der Waals surface area contributed by atoms with Gasteiger partial charge in [-0.25, -0.2) is 4.21 Å². The lowest BCUT2D eigenvalue weighted by Gasteiger charge is -1.88. The van der Waals surface area contributed by atoms with Gasteiger partial charge in [-0.05, 0) is 0 Å². The zero-order valence-corrected chi connectivity index (χ0v) is 4.96. The lowest BCUT2D eigenvalue weighted by molar-refractivity contribution is 0.393. The van der Waals surface area contributed by atoms with Crippen LogP contribution in [0.1, 0.15) is 0 Å². The Morgan fingerprint density at radius 3 is 3.11 bits per heavy atom. The number of rotatable bonds is 2. The summed E-state index contributed by atoms with van der Waals surface area (Å²) >= 11 is -2.11. The molecule has 7 heteroatoms. The summed E-state index contributed by atoms with van der Waals surface area (Å²) in [6.07, 6.45) is 1.12. The van der Waals surface area contributed by atoms with Crippen LogP contribution in [0.3, 0.4) is 0 Å². The lowest BCUT2D eigenvalue weighted by Crippen LogP contribution is -2.01. The Morgan fingerprint density at radius 1 is 1.89 bits per heavy atom. The Labute approximate surface area is 52.6 Å². The Balaban J connectivity index is 2.58. The third-order valence-electron chi connectivity index (χ3n) is 0.552. The Bertz CT molecular complexity index is 197. The Morgan fingerprint density at radius 2 is 2.67 bits per heavy atom. The summed E-state index contributed by atoms with van der Waals surface area (Å²) in [5.74, 6) is 0.135. The molecule has 0 saturated carbocycles. The molecule has 0 aromatic carbocycles. The predicted molar refractivity (Wildman–Crippen MR) is 28.7 cm³/mol. The summed E-state index contributed by atoms with van der Waals surface area (Å²) < 4.78 is 24.4. The van der Waals surface area contributed by atoms with Gasteiger partial charge in [0.1, 0.15) is 0 Å². The average Bonchev–Trinajstić information content (AvgIpc) is 2.15. The van der Waals surface area contributed by atoms with Crippen LogP contribution < -0.4 is 4.72 Å². The molecule has 1 atom stereocenters. The van der Waals surface area contributed by atoms with Gasteiger partial charge in [-0.3, -0.25) is 9.27 Å². The molecule has 0 amide bonds. The minimum absolute atomic E-state index is 0.135. The van der Waals surface area contributed by atoms with Crippen LogP contribution in [0, 0.1) is 0 Å². The van der Waals surface area contributed by atoms with Crippen LogP contribution >= 0.6 is 0 Å². The molecule has 1 unspecified atom stereocenters. The van der Waals surface area contributed by atoms with E-state index in [0.717, 1.165) is 6.26 Å². The number of anilines is 1. The second kappa shape index (κ2) is 2.55. The molecule has 0 aliphatic carbocycles. The van der Waals surface area contributed by atoms with Crippen LogP contribution in [-0.2, 0) is 11.3 Å². The minimum Gasteiger partial charge on any atom is -0.343 e. The van der Waals surface area contributed by atoms with Gasteiger partial charge < -0.3 is 4.52 Å². The van der Waals surface area contributed by atoms with E-state index in [9.17, 15) is 4.21 Å². The van der Waals surface area contributed by atoms with Gasteiger partial charge in [-0.15, -0.1) is 0 Å². The van der Waals surface area contributed by atoms with E-state index in [-0.39, 0.29) is 5.82 Å². The van der Waals surface area contributed by atoms with Crippen LogP contribution in [0.2, 0.25) is 0 Å². The van der Waals surface area contributed by atoms with Gasteiger partial charge in [-0.1, -0.05) is 5.10 Å². The van der Waals surface area contributed by atoms with E-state index < -0.39 is 11.3 Å². The highest BCUT2D eigenvalue weighted by molar-refractivity contribution is 7.80. The fourth-order valence-electron chi connectivity index (χ4n) is 0.299. The molecule has 6 nitrogen and oxygen atoms in total. The number of hydrogen-bond acceptors (Lipinski definition) is 4. The maximum Gasteiger partial charge on any atom is 0.260 e. The first kappa shape index (κ1) is 6.17. The molecule has 0 aliphatic heterocycles. The van der Waals surface area contributed by atoms with Crippen molar-refractivity contribution < 1.29 is 13.3 Å². The first-order valence-corrected chi connectivity index (χ1v) is 3.04. The maximum atomic E-state index is 9.96.